The van der Waals surface area contributed by atoms with Gasteiger partial charge in [-0.15, -0.1) is 0 Å². The van der Waals surface area contributed by atoms with Gasteiger partial charge in [0.15, 0.2) is 0 Å². The molecular formula is C15H21ClN2O. The van der Waals surface area contributed by atoms with Crippen molar-refractivity contribution < 1.29 is 5.11 Å². The van der Waals surface area contributed by atoms with E-state index in [0.29, 0.717) is 11.1 Å². The average Bonchev–Trinajstić information content (AvgIpc) is 2.46. The van der Waals surface area contributed by atoms with E-state index in [1.165, 1.54) is 38.5 Å². The summed E-state index contributed by atoms with van der Waals surface area (Å²) in [6.07, 6.45) is 9.66. The van der Waals surface area contributed by atoms with Gasteiger partial charge in [-0.1, -0.05) is 24.4 Å². The summed E-state index contributed by atoms with van der Waals surface area (Å²) in [5.41, 5.74) is 0.783. The summed E-state index contributed by atoms with van der Waals surface area (Å²) in [4.78, 5) is 6.91. The minimum atomic E-state index is -0.000939. The molecule has 0 bridgehead atoms. The Labute approximate surface area is 119 Å². The van der Waals surface area contributed by atoms with Crippen LogP contribution in [0.15, 0.2) is 12.3 Å². The zero-order chi connectivity index (χ0) is 13.2. The van der Waals surface area contributed by atoms with Crippen LogP contribution in [-0.4, -0.2) is 22.7 Å². The zero-order valence-electron chi connectivity index (χ0n) is 11.2. The molecule has 1 aromatic heterocycles. The molecule has 1 saturated heterocycles. The van der Waals surface area contributed by atoms with Crippen LogP contribution in [0, 0.1) is 5.92 Å². The molecule has 2 heterocycles. The first-order valence-corrected chi connectivity index (χ1v) is 7.69. The van der Waals surface area contributed by atoms with E-state index in [1.54, 1.807) is 6.20 Å². The second-order valence-electron chi connectivity index (χ2n) is 5.75. The Kier molecular flexibility index (Phi) is 3.94. The number of aliphatic hydroxyl groups excluding tert-OH is 1. The average molecular weight is 281 g/mol. The fourth-order valence-corrected chi connectivity index (χ4v) is 3.95. The van der Waals surface area contributed by atoms with Gasteiger partial charge in [0.1, 0.15) is 5.82 Å². The Balaban J connectivity index is 1.87. The van der Waals surface area contributed by atoms with Crippen molar-refractivity contribution in [1.29, 1.82) is 0 Å². The van der Waals surface area contributed by atoms with Crippen molar-refractivity contribution in [2.45, 2.75) is 51.2 Å². The van der Waals surface area contributed by atoms with Crippen molar-refractivity contribution >= 4 is 17.4 Å². The van der Waals surface area contributed by atoms with E-state index >= 15 is 0 Å². The number of hydrogen-bond donors (Lipinski definition) is 1. The number of fused-ring (bicyclic) bond motifs is 1. The molecule has 19 heavy (non-hydrogen) atoms. The third-order valence-corrected chi connectivity index (χ3v) is 4.85. The normalized spacial score (nSPS) is 27.2. The van der Waals surface area contributed by atoms with E-state index in [9.17, 15) is 0 Å². The number of nitrogens with zero attached hydrogens (tertiary/aromatic N) is 2. The Morgan fingerprint density at radius 3 is 2.84 bits per heavy atom. The van der Waals surface area contributed by atoms with Crippen molar-refractivity contribution in [3.05, 3.63) is 22.8 Å². The van der Waals surface area contributed by atoms with Crippen molar-refractivity contribution in [2.75, 3.05) is 11.4 Å². The molecule has 1 aliphatic heterocycles. The van der Waals surface area contributed by atoms with Crippen LogP contribution in [0.4, 0.5) is 5.82 Å². The lowest BCUT2D eigenvalue weighted by molar-refractivity contribution is 0.242. The van der Waals surface area contributed by atoms with Crippen molar-refractivity contribution in [3.63, 3.8) is 0 Å². The fraction of sp³-hybridized carbons (Fsp3) is 0.667. The molecule has 0 spiro atoms. The van der Waals surface area contributed by atoms with Crippen molar-refractivity contribution in [1.82, 2.24) is 4.98 Å². The molecule has 2 aliphatic rings. The van der Waals surface area contributed by atoms with Gasteiger partial charge in [-0.25, -0.2) is 4.98 Å². The standard InChI is InChI=1S/C15H21ClN2O/c16-13-8-11(10-19)9-17-15(13)18-7-3-5-12-4-1-2-6-14(12)18/h8-9,12,14,19H,1-7,10H2/t12-,14-/m1/s1. The predicted octanol–water partition coefficient (Wildman–Crippen LogP) is 3.39. The van der Waals surface area contributed by atoms with Gasteiger partial charge in [0, 0.05) is 18.8 Å². The number of aliphatic hydroxyl groups is 1. The van der Waals surface area contributed by atoms with Gasteiger partial charge in [-0.2, -0.15) is 0 Å². The van der Waals surface area contributed by atoms with Crippen molar-refractivity contribution in [2.24, 2.45) is 5.92 Å². The number of piperidine rings is 1. The van der Waals surface area contributed by atoms with Gasteiger partial charge in [0.25, 0.3) is 0 Å². The number of hydrogen-bond acceptors (Lipinski definition) is 3. The lowest BCUT2D eigenvalue weighted by Crippen LogP contribution is -2.47. The van der Waals surface area contributed by atoms with Gasteiger partial charge in [-0.05, 0) is 43.2 Å². The zero-order valence-corrected chi connectivity index (χ0v) is 11.9. The lowest BCUT2D eigenvalue weighted by Gasteiger charge is -2.45. The molecule has 0 aromatic carbocycles. The fourth-order valence-electron chi connectivity index (χ4n) is 3.66. The molecule has 2 fully saturated rings. The van der Waals surface area contributed by atoms with Crippen LogP contribution in [0.1, 0.15) is 44.1 Å². The van der Waals surface area contributed by atoms with E-state index in [1.807, 2.05) is 6.07 Å². The first-order chi connectivity index (χ1) is 9.29. The minimum absolute atomic E-state index is 0.000939. The molecular weight excluding hydrogens is 260 g/mol. The van der Waals surface area contributed by atoms with Crippen LogP contribution in [-0.2, 0) is 6.61 Å². The van der Waals surface area contributed by atoms with Crippen LogP contribution in [0.25, 0.3) is 0 Å². The molecule has 4 heteroatoms. The Bertz CT molecular complexity index is 450. The van der Waals surface area contributed by atoms with Crippen LogP contribution >= 0.6 is 11.6 Å². The molecule has 3 nitrogen and oxygen atoms in total. The largest absolute Gasteiger partial charge is 0.392 e. The maximum absolute atomic E-state index is 9.14. The maximum atomic E-state index is 9.14. The molecule has 1 aromatic rings. The third kappa shape index (κ3) is 2.59. The SMILES string of the molecule is OCc1cnc(N2CCC[C@H]3CCCC[C@H]32)c(Cl)c1. The number of rotatable bonds is 2. The number of aromatic nitrogens is 1. The molecule has 104 valence electrons. The highest BCUT2D eigenvalue weighted by atomic mass is 35.5. The molecule has 0 unspecified atom stereocenters. The van der Waals surface area contributed by atoms with E-state index < -0.39 is 0 Å². The summed E-state index contributed by atoms with van der Waals surface area (Å²) < 4.78 is 0. The monoisotopic (exact) mass is 280 g/mol. The summed E-state index contributed by atoms with van der Waals surface area (Å²) >= 11 is 6.36. The second-order valence-corrected chi connectivity index (χ2v) is 6.16. The van der Waals surface area contributed by atoms with Crippen LogP contribution in [0.2, 0.25) is 5.02 Å². The molecule has 0 radical (unpaired) electrons. The molecule has 1 aliphatic carbocycles. The summed E-state index contributed by atoms with van der Waals surface area (Å²) in [5, 5.41) is 9.82. The highest BCUT2D eigenvalue weighted by molar-refractivity contribution is 6.33. The summed E-state index contributed by atoms with van der Waals surface area (Å²) in [6.45, 7) is 1.06. The summed E-state index contributed by atoms with van der Waals surface area (Å²) in [7, 11) is 0. The van der Waals surface area contributed by atoms with Crippen molar-refractivity contribution in [3.8, 4) is 0 Å². The Morgan fingerprint density at radius 1 is 1.26 bits per heavy atom. The molecule has 1 N–H and O–H groups in total. The topological polar surface area (TPSA) is 36.4 Å². The third-order valence-electron chi connectivity index (χ3n) is 4.58. The first kappa shape index (κ1) is 13.2. The van der Waals surface area contributed by atoms with E-state index in [0.717, 1.165) is 23.8 Å². The smallest absolute Gasteiger partial charge is 0.147 e. The second kappa shape index (κ2) is 5.68. The highest BCUT2D eigenvalue weighted by Gasteiger charge is 2.34. The van der Waals surface area contributed by atoms with Gasteiger partial charge in [0.2, 0.25) is 0 Å². The quantitative estimate of drug-likeness (QED) is 0.902. The van der Waals surface area contributed by atoms with Gasteiger partial charge < -0.3 is 10.0 Å². The number of pyridine rings is 1. The Hall–Kier alpha value is -0.800. The summed E-state index contributed by atoms with van der Waals surface area (Å²) in [6, 6.07) is 2.46. The van der Waals surface area contributed by atoms with Gasteiger partial charge in [-0.3, -0.25) is 0 Å². The predicted molar refractivity (Wildman–Crippen MR) is 77.5 cm³/mol. The molecule has 2 atom stereocenters. The van der Waals surface area contributed by atoms with Gasteiger partial charge >= 0.3 is 0 Å². The van der Waals surface area contributed by atoms with E-state index in [2.05, 4.69) is 9.88 Å². The van der Waals surface area contributed by atoms with Gasteiger partial charge in [0.05, 0.1) is 11.6 Å². The van der Waals surface area contributed by atoms with Crippen LogP contribution in [0.5, 0.6) is 0 Å². The highest BCUT2D eigenvalue weighted by Crippen LogP contribution is 2.39. The van der Waals surface area contributed by atoms with E-state index in [4.69, 9.17) is 16.7 Å². The van der Waals surface area contributed by atoms with Crippen LogP contribution in [0.3, 0.4) is 0 Å². The molecule has 1 saturated carbocycles. The number of halogens is 1. The Morgan fingerprint density at radius 2 is 2.05 bits per heavy atom. The number of anilines is 1. The minimum Gasteiger partial charge on any atom is -0.392 e. The van der Waals surface area contributed by atoms with Crippen LogP contribution < -0.4 is 4.90 Å². The maximum Gasteiger partial charge on any atom is 0.147 e. The first-order valence-electron chi connectivity index (χ1n) is 7.31. The molecule has 3 rings (SSSR count). The van der Waals surface area contributed by atoms with E-state index in [-0.39, 0.29) is 6.61 Å². The lowest BCUT2D eigenvalue weighted by atomic mass is 9.78. The summed E-state index contributed by atoms with van der Waals surface area (Å²) in [5.74, 6) is 1.73. The molecule has 0 amide bonds.